The highest BCUT2D eigenvalue weighted by atomic mass is 19.1. The number of nitro benzene ring substituents is 1. The van der Waals surface area contributed by atoms with Crippen LogP contribution < -0.4 is 10.6 Å². The fraction of sp³-hybridized carbons (Fsp3) is 0.462. The average Bonchev–Trinajstić information content (AvgIpc) is 2.94. The van der Waals surface area contributed by atoms with E-state index in [1.807, 2.05) is 0 Å². The van der Waals surface area contributed by atoms with Crippen LogP contribution in [-0.2, 0) is 4.74 Å². The first kappa shape index (κ1) is 15.2. The Bertz CT molecular complexity index is 579. The fourth-order valence-electron chi connectivity index (χ4n) is 2.46. The number of carbonyl (C=O) groups excluding carboxylic acids is 1. The van der Waals surface area contributed by atoms with Crippen molar-refractivity contribution in [3.63, 3.8) is 0 Å². The van der Waals surface area contributed by atoms with Gasteiger partial charge < -0.3 is 15.4 Å². The van der Waals surface area contributed by atoms with Crippen LogP contribution in [0.15, 0.2) is 12.1 Å². The van der Waals surface area contributed by atoms with E-state index in [2.05, 4.69) is 4.74 Å². The van der Waals surface area contributed by atoms with Crippen molar-refractivity contribution in [3.05, 3.63) is 33.6 Å². The molecule has 0 saturated carbocycles. The molecule has 114 valence electrons. The van der Waals surface area contributed by atoms with Crippen LogP contribution in [0.4, 0.5) is 15.8 Å². The first-order valence-electron chi connectivity index (χ1n) is 6.49. The normalized spacial score (nSPS) is 17.9. The van der Waals surface area contributed by atoms with Gasteiger partial charge in [0.05, 0.1) is 23.7 Å². The van der Waals surface area contributed by atoms with Crippen molar-refractivity contribution in [2.45, 2.75) is 6.42 Å². The number of rotatable bonds is 4. The predicted molar refractivity (Wildman–Crippen MR) is 73.8 cm³/mol. The van der Waals surface area contributed by atoms with Crippen LogP contribution in [0.3, 0.4) is 0 Å². The Morgan fingerprint density at radius 1 is 1.62 bits per heavy atom. The van der Waals surface area contributed by atoms with E-state index in [4.69, 9.17) is 5.73 Å². The molecular weight excluding hydrogens is 281 g/mol. The molecule has 1 saturated heterocycles. The molecule has 1 atom stereocenters. The number of carbonyl (C=O) groups is 1. The van der Waals surface area contributed by atoms with E-state index < -0.39 is 16.7 Å². The van der Waals surface area contributed by atoms with E-state index in [0.29, 0.717) is 19.6 Å². The number of hydrogen-bond donors (Lipinski definition) is 1. The monoisotopic (exact) mass is 297 g/mol. The molecule has 0 aliphatic carbocycles. The largest absolute Gasteiger partial charge is 0.465 e. The van der Waals surface area contributed by atoms with Gasteiger partial charge in [-0.25, -0.2) is 9.18 Å². The Morgan fingerprint density at radius 3 is 2.86 bits per heavy atom. The number of hydrogen-bond acceptors (Lipinski definition) is 6. The number of anilines is 1. The van der Waals surface area contributed by atoms with E-state index in [-0.39, 0.29) is 22.9 Å². The Kier molecular flexibility index (Phi) is 4.37. The minimum Gasteiger partial charge on any atom is -0.465 e. The number of halogens is 1. The van der Waals surface area contributed by atoms with Gasteiger partial charge in [-0.1, -0.05) is 0 Å². The molecule has 0 bridgehead atoms. The maximum atomic E-state index is 13.8. The molecule has 1 aliphatic heterocycles. The van der Waals surface area contributed by atoms with Crippen LogP contribution in [0, 0.1) is 21.8 Å². The third-order valence-corrected chi connectivity index (χ3v) is 3.63. The first-order chi connectivity index (χ1) is 9.97. The summed E-state index contributed by atoms with van der Waals surface area (Å²) in [6.07, 6.45) is 0.804. The van der Waals surface area contributed by atoms with Crippen molar-refractivity contribution in [2.24, 2.45) is 11.7 Å². The molecule has 1 aromatic carbocycles. The molecule has 7 nitrogen and oxygen atoms in total. The second-order valence-electron chi connectivity index (χ2n) is 4.91. The van der Waals surface area contributed by atoms with Gasteiger partial charge in [0.2, 0.25) is 0 Å². The molecule has 0 radical (unpaired) electrons. The summed E-state index contributed by atoms with van der Waals surface area (Å²) in [6, 6.07) is 1.94. The third kappa shape index (κ3) is 2.94. The zero-order valence-corrected chi connectivity index (χ0v) is 11.5. The van der Waals surface area contributed by atoms with Crippen molar-refractivity contribution in [2.75, 3.05) is 31.6 Å². The van der Waals surface area contributed by atoms with Gasteiger partial charge >= 0.3 is 5.97 Å². The Balaban J connectivity index is 2.46. The number of nitro groups is 1. The highest BCUT2D eigenvalue weighted by Gasteiger charge is 2.30. The predicted octanol–water partition coefficient (Wildman–Crippen LogP) is 1.31. The van der Waals surface area contributed by atoms with Gasteiger partial charge in [0.25, 0.3) is 5.69 Å². The van der Waals surface area contributed by atoms with Crippen LogP contribution >= 0.6 is 0 Å². The molecule has 8 heteroatoms. The summed E-state index contributed by atoms with van der Waals surface area (Å²) in [5, 5.41) is 11.1. The molecule has 1 unspecified atom stereocenters. The topological polar surface area (TPSA) is 98.7 Å². The lowest BCUT2D eigenvalue weighted by atomic mass is 10.1. The van der Waals surface area contributed by atoms with Crippen LogP contribution in [0.25, 0.3) is 0 Å². The van der Waals surface area contributed by atoms with Crippen molar-refractivity contribution >= 4 is 17.3 Å². The molecule has 1 aromatic rings. The second kappa shape index (κ2) is 6.04. The number of benzene rings is 1. The second-order valence-corrected chi connectivity index (χ2v) is 4.91. The maximum Gasteiger partial charge on any atom is 0.340 e. The molecule has 0 spiro atoms. The van der Waals surface area contributed by atoms with Crippen LogP contribution in [0.2, 0.25) is 0 Å². The number of nitrogens with two attached hydrogens (primary N) is 1. The Labute approximate surface area is 120 Å². The van der Waals surface area contributed by atoms with Crippen LogP contribution in [0.1, 0.15) is 16.8 Å². The van der Waals surface area contributed by atoms with Gasteiger partial charge in [-0.2, -0.15) is 0 Å². The van der Waals surface area contributed by atoms with E-state index >= 15 is 0 Å². The van der Waals surface area contributed by atoms with E-state index in [1.54, 1.807) is 4.90 Å². The van der Waals surface area contributed by atoms with E-state index in [1.165, 1.54) is 6.07 Å². The smallest absolute Gasteiger partial charge is 0.340 e. The van der Waals surface area contributed by atoms with Crippen LogP contribution in [0.5, 0.6) is 0 Å². The molecule has 0 amide bonds. The minimum atomic E-state index is -0.966. The summed E-state index contributed by atoms with van der Waals surface area (Å²) in [5.74, 6) is -1.60. The Hall–Kier alpha value is -2.22. The molecule has 0 aromatic heterocycles. The molecule has 1 aliphatic rings. The standard InChI is InChI=1S/C13H16FN3O4/c1-21-13(18)9-4-11(12(17(19)20)5-10(9)14)16-3-2-8(6-15)7-16/h4-5,8H,2-3,6-7,15H2,1H3. The lowest BCUT2D eigenvalue weighted by molar-refractivity contribution is -0.384. The number of methoxy groups -OCH3 is 1. The maximum absolute atomic E-state index is 13.8. The van der Waals surface area contributed by atoms with Gasteiger partial charge in [0, 0.05) is 13.1 Å². The number of nitrogens with zero attached hydrogens (tertiary/aromatic N) is 2. The number of ether oxygens (including phenoxy) is 1. The summed E-state index contributed by atoms with van der Waals surface area (Å²) in [6.45, 7) is 1.61. The molecule has 2 N–H and O–H groups in total. The van der Waals surface area contributed by atoms with Gasteiger partial charge in [-0.05, 0) is 24.9 Å². The number of esters is 1. The zero-order valence-electron chi connectivity index (χ0n) is 11.5. The van der Waals surface area contributed by atoms with E-state index in [0.717, 1.165) is 19.6 Å². The SMILES string of the molecule is COC(=O)c1cc(N2CCC(CN)C2)c([N+](=O)[O-])cc1F. The molecule has 2 rings (SSSR count). The van der Waals surface area contributed by atoms with Crippen molar-refractivity contribution in [1.29, 1.82) is 0 Å². The average molecular weight is 297 g/mol. The van der Waals surface area contributed by atoms with Crippen LogP contribution in [-0.4, -0.2) is 37.6 Å². The van der Waals surface area contributed by atoms with Crippen molar-refractivity contribution in [3.8, 4) is 0 Å². The summed E-state index contributed by atoms with van der Waals surface area (Å²) in [5.41, 5.74) is 5.15. The van der Waals surface area contributed by atoms with Crippen molar-refractivity contribution in [1.82, 2.24) is 0 Å². The zero-order chi connectivity index (χ0) is 15.6. The third-order valence-electron chi connectivity index (χ3n) is 3.63. The van der Waals surface area contributed by atoms with Gasteiger partial charge in [-0.3, -0.25) is 10.1 Å². The fourth-order valence-corrected chi connectivity index (χ4v) is 2.46. The van der Waals surface area contributed by atoms with Crippen molar-refractivity contribution < 1.29 is 18.8 Å². The molecular formula is C13H16FN3O4. The van der Waals surface area contributed by atoms with Gasteiger partial charge in [-0.15, -0.1) is 0 Å². The summed E-state index contributed by atoms with van der Waals surface area (Å²) < 4.78 is 18.3. The first-order valence-corrected chi connectivity index (χ1v) is 6.49. The molecule has 21 heavy (non-hydrogen) atoms. The minimum absolute atomic E-state index is 0.220. The molecule has 1 fully saturated rings. The summed E-state index contributed by atoms with van der Waals surface area (Å²) >= 11 is 0. The van der Waals surface area contributed by atoms with E-state index in [9.17, 15) is 19.3 Å². The Morgan fingerprint density at radius 2 is 2.33 bits per heavy atom. The van der Waals surface area contributed by atoms with Gasteiger partial charge in [0.15, 0.2) is 0 Å². The lowest BCUT2D eigenvalue weighted by Crippen LogP contribution is -2.24. The van der Waals surface area contributed by atoms with Gasteiger partial charge in [0.1, 0.15) is 11.5 Å². The summed E-state index contributed by atoms with van der Waals surface area (Å²) in [7, 11) is 1.13. The highest BCUT2D eigenvalue weighted by molar-refractivity contribution is 5.92. The summed E-state index contributed by atoms with van der Waals surface area (Å²) in [4.78, 5) is 23.7. The highest BCUT2D eigenvalue weighted by Crippen LogP contribution is 2.34. The quantitative estimate of drug-likeness (QED) is 0.511. The molecule has 1 heterocycles. The lowest BCUT2D eigenvalue weighted by Gasteiger charge is -2.19.